The van der Waals surface area contributed by atoms with Crippen LogP contribution in [0.3, 0.4) is 0 Å². The molecule has 3 rings (SSSR count). The molecule has 7 nitrogen and oxygen atoms in total. The summed E-state index contributed by atoms with van der Waals surface area (Å²) >= 11 is 0. The third kappa shape index (κ3) is 7.26. The Hall–Kier alpha value is -3.10. The predicted molar refractivity (Wildman–Crippen MR) is 154 cm³/mol. The van der Waals surface area contributed by atoms with Crippen molar-refractivity contribution in [1.82, 2.24) is 9.97 Å². The van der Waals surface area contributed by atoms with Crippen molar-refractivity contribution in [3.63, 3.8) is 0 Å². The van der Waals surface area contributed by atoms with Crippen LogP contribution in [-0.2, 0) is 11.0 Å². The van der Waals surface area contributed by atoms with Gasteiger partial charge in [0.25, 0.3) is 0 Å². The fraction of sp³-hybridized carbons (Fsp3) is 0.467. The van der Waals surface area contributed by atoms with Crippen molar-refractivity contribution in [2.24, 2.45) is 0 Å². The van der Waals surface area contributed by atoms with Crippen LogP contribution in [0.4, 0.5) is 0 Å². The number of aromatic nitrogens is 2. The number of rotatable bonds is 13. The van der Waals surface area contributed by atoms with E-state index in [-0.39, 0.29) is 11.9 Å². The summed E-state index contributed by atoms with van der Waals surface area (Å²) < 4.78 is 23.9. The van der Waals surface area contributed by atoms with Crippen molar-refractivity contribution in [2.75, 3.05) is 13.7 Å². The number of phenolic OH excluding ortho intramolecular Hbond substituents is 1. The Morgan fingerprint density at radius 3 is 2.11 bits per heavy atom. The van der Waals surface area contributed by atoms with Crippen LogP contribution in [0.2, 0.25) is 16.6 Å². The van der Waals surface area contributed by atoms with Gasteiger partial charge < -0.3 is 23.7 Å². The van der Waals surface area contributed by atoms with Gasteiger partial charge in [-0.1, -0.05) is 53.7 Å². The smallest absolute Gasteiger partial charge is 0.217 e. The number of benzene rings is 2. The Kier molecular flexibility index (Phi) is 10.2. The monoisotopic (exact) mass is 538 g/mol. The van der Waals surface area contributed by atoms with E-state index in [9.17, 15) is 5.11 Å². The molecule has 0 aliphatic heterocycles. The quantitative estimate of drug-likeness (QED) is 0.227. The van der Waals surface area contributed by atoms with Crippen LogP contribution < -0.4 is 14.2 Å². The van der Waals surface area contributed by atoms with Gasteiger partial charge in [0.1, 0.15) is 30.0 Å². The lowest BCUT2D eigenvalue weighted by molar-refractivity contribution is 0.130. The molecule has 1 atom stereocenters. The highest BCUT2D eigenvalue weighted by molar-refractivity contribution is 6.77. The maximum absolute atomic E-state index is 10.4. The van der Waals surface area contributed by atoms with Crippen LogP contribution in [-0.4, -0.2) is 43.2 Å². The Bertz CT molecular complexity index is 1150. The lowest BCUT2D eigenvalue weighted by atomic mass is 10.2. The van der Waals surface area contributed by atoms with E-state index in [2.05, 4.69) is 51.5 Å². The second kappa shape index (κ2) is 13.1. The zero-order valence-electron chi connectivity index (χ0n) is 23.9. The summed E-state index contributed by atoms with van der Waals surface area (Å²) in [5, 5.41) is 10.4. The number of ether oxygens (including phenoxy) is 3. The second-order valence-corrected chi connectivity index (χ2v) is 16.1. The Labute approximate surface area is 228 Å². The molecule has 38 heavy (non-hydrogen) atoms. The fourth-order valence-corrected chi connectivity index (χ4v) is 10.8. The lowest BCUT2D eigenvalue weighted by Crippen LogP contribution is -2.49. The number of hydrogen-bond acceptors (Lipinski definition) is 7. The molecule has 0 fully saturated rings. The molecule has 0 bridgehead atoms. The molecule has 3 aromatic rings. The van der Waals surface area contributed by atoms with E-state index in [1.54, 1.807) is 31.5 Å². The van der Waals surface area contributed by atoms with Crippen molar-refractivity contribution in [3.8, 4) is 34.5 Å². The van der Waals surface area contributed by atoms with Crippen LogP contribution in [0.5, 0.6) is 23.1 Å². The summed E-state index contributed by atoms with van der Waals surface area (Å²) in [6, 6.07) is 14.4. The molecule has 0 aliphatic rings. The highest BCUT2D eigenvalue weighted by atomic mass is 28.4. The van der Waals surface area contributed by atoms with Gasteiger partial charge in [-0.15, -0.1) is 0 Å². The SMILES string of the molecule is COc1ccc(COc2ccnc(-c3cc(O)cc(OC(C)CO[Si](C(C)C)(C(C)C)C(C)C)c3)n2)cc1. The van der Waals surface area contributed by atoms with E-state index in [1.165, 1.54) is 0 Å². The van der Waals surface area contributed by atoms with Crippen LogP contribution >= 0.6 is 0 Å². The number of methoxy groups -OCH3 is 1. The molecule has 0 amide bonds. The van der Waals surface area contributed by atoms with E-state index in [0.717, 1.165) is 11.3 Å². The highest BCUT2D eigenvalue weighted by Gasteiger charge is 2.45. The number of nitrogens with zero attached hydrogens (tertiary/aromatic N) is 2. The standard InChI is InChI=1S/C30H42N2O5Si/c1-20(2)38(21(3)4,22(5)6)36-18-23(7)37-28-16-25(15-26(33)17-28)30-31-14-13-29(32-30)35-19-24-9-11-27(34-8)12-10-24/h9-17,20-23,33H,18-19H2,1-8H3. The zero-order chi connectivity index (χ0) is 27.9. The van der Waals surface area contributed by atoms with Crippen LogP contribution in [0.25, 0.3) is 11.4 Å². The lowest BCUT2D eigenvalue weighted by Gasteiger charge is -2.42. The largest absolute Gasteiger partial charge is 0.508 e. The van der Waals surface area contributed by atoms with Gasteiger partial charge in [-0.05, 0) is 53.4 Å². The molecular weight excluding hydrogens is 496 g/mol. The zero-order valence-corrected chi connectivity index (χ0v) is 24.9. The first-order chi connectivity index (χ1) is 18.0. The molecule has 0 saturated carbocycles. The van der Waals surface area contributed by atoms with Crippen molar-refractivity contribution >= 4 is 8.32 Å². The van der Waals surface area contributed by atoms with Crippen molar-refractivity contribution in [2.45, 2.75) is 77.8 Å². The summed E-state index contributed by atoms with van der Waals surface area (Å²) in [6.45, 7) is 16.5. The molecule has 1 unspecified atom stereocenters. The van der Waals surface area contributed by atoms with Crippen molar-refractivity contribution < 1.29 is 23.7 Å². The van der Waals surface area contributed by atoms with Gasteiger partial charge in [0.05, 0.1) is 13.7 Å². The summed E-state index contributed by atoms with van der Waals surface area (Å²) in [6.07, 6.45) is 1.45. The molecule has 1 N–H and O–H groups in total. The molecule has 0 radical (unpaired) electrons. The van der Waals surface area contributed by atoms with Gasteiger partial charge in [-0.3, -0.25) is 0 Å². The third-order valence-electron chi connectivity index (χ3n) is 6.94. The first-order valence-corrected chi connectivity index (χ1v) is 15.4. The molecule has 0 aliphatic carbocycles. The summed E-state index contributed by atoms with van der Waals surface area (Å²) in [5.74, 6) is 2.29. The van der Waals surface area contributed by atoms with Crippen molar-refractivity contribution in [1.29, 1.82) is 0 Å². The molecule has 8 heteroatoms. The molecule has 2 aromatic carbocycles. The van der Waals surface area contributed by atoms with E-state index in [0.29, 0.717) is 52.9 Å². The van der Waals surface area contributed by atoms with E-state index in [1.807, 2.05) is 37.3 Å². The van der Waals surface area contributed by atoms with E-state index in [4.69, 9.17) is 18.6 Å². The molecule has 206 valence electrons. The fourth-order valence-electron chi connectivity index (χ4n) is 5.25. The Morgan fingerprint density at radius 1 is 0.842 bits per heavy atom. The van der Waals surface area contributed by atoms with Gasteiger partial charge in [0.15, 0.2) is 5.82 Å². The highest BCUT2D eigenvalue weighted by Crippen LogP contribution is 2.42. The van der Waals surface area contributed by atoms with Crippen LogP contribution in [0, 0.1) is 0 Å². The summed E-state index contributed by atoms with van der Waals surface area (Å²) in [4.78, 5) is 8.92. The Morgan fingerprint density at radius 2 is 1.50 bits per heavy atom. The minimum atomic E-state index is -2.00. The summed E-state index contributed by atoms with van der Waals surface area (Å²) in [5.41, 5.74) is 3.13. The summed E-state index contributed by atoms with van der Waals surface area (Å²) in [7, 11) is -0.358. The van der Waals surface area contributed by atoms with Gasteiger partial charge in [-0.2, -0.15) is 4.98 Å². The van der Waals surface area contributed by atoms with Gasteiger partial charge in [0, 0.05) is 23.9 Å². The van der Waals surface area contributed by atoms with Gasteiger partial charge >= 0.3 is 0 Å². The third-order valence-corrected chi connectivity index (χ3v) is 13.0. The first-order valence-electron chi connectivity index (χ1n) is 13.3. The number of phenols is 1. The van der Waals surface area contributed by atoms with Crippen molar-refractivity contribution in [3.05, 3.63) is 60.3 Å². The van der Waals surface area contributed by atoms with E-state index >= 15 is 0 Å². The molecule has 1 heterocycles. The maximum Gasteiger partial charge on any atom is 0.217 e. The topological polar surface area (TPSA) is 82.9 Å². The Balaban J connectivity index is 1.70. The average Bonchev–Trinajstić information content (AvgIpc) is 2.87. The van der Waals surface area contributed by atoms with Gasteiger partial charge in [0.2, 0.25) is 14.2 Å². The molecule has 1 aromatic heterocycles. The first kappa shape index (κ1) is 29.5. The van der Waals surface area contributed by atoms with E-state index < -0.39 is 8.32 Å². The predicted octanol–water partition coefficient (Wildman–Crippen LogP) is 7.40. The van der Waals surface area contributed by atoms with Crippen LogP contribution in [0.15, 0.2) is 54.7 Å². The average molecular weight is 539 g/mol. The molecular formula is C30H42N2O5Si. The van der Waals surface area contributed by atoms with Gasteiger partial charge in [-0.25, -0.2) is 4.98 Å². The minimum Gasteiger partial charge on any atom is -0.508 e. The van der Waals surface area contributed by atoms with Crippen LogP contribution in [0.1, 0.15) is 54.0 Å². The molecule has 0 saturated heterocycles. The minimum absolute atomic E-state index is 0.0778. The number of aromatic hydroxyl groups is 1. The normalized spacial score (nSPS) is 12.7. The number of hydrogen-bond donors (Lipinski definition) is 1. The maximum atomic E-state index is 10.4. The second-order valence-electron chi connectivity index (χ2n) is 10.6. The molecule has 0 spiro atoms.